The van der Waals surface area contributed by atoms with E-state index < -0.39 is 18.0 Å². The summed E-state index contributed by atoms with van der Waals surface area (Å²) in [4.78, 5) is 38.8. The maximum Gasteiger partial charge on any atom is 0.312 e. The van der Waals surface area contributed by atoms with E-state index in [0.717, 1.165) is 32.1 Å². The number of nitrogens with zero attached hydrogens (tertiary/aromatic N) is 1. The van der Waals surface area contributed by atoms with E-state index in [0.29, 0.717) is 12.2 Å². The van der Waals surface area contributed by atoms with Gasteiger partial charge in [-0.1, -0.05) is 31.9 Å². The number of anilines is 1. The molecule has 0 bridgehead atoms. The van der Waals surface area contributed by atoms with Crippen LogP contribution in [0.2, 0.25) is 0 Å². The Labute approximate surface area is 160 Å². The number of amides is 2. The topological polar surface area (TPSA) is 75.7 Å². The minimum Gasteiger partial charge on any atom is -0.452 e. The number of carbonyl (C=O) groups is 3. The first-order valence-electron chi connectivity index (χ1n) is 9.87. The average molecular weight is 372 g/mol. The Balaban J connectivity index is 1.50. The standard InChI is InChI=1S/C21H28N2O4/c1-3-15-8-10-17(11-9-15)22-20(25)14(2)27-21(26)16-12-19(24)23(13-16)18-6-4-5-7-18/h8-11,14,16,18H,3-7,12-13H2,1-2H3,(H,22,25)/t14-,16+/m1/s1. The van der Waals surface area contributed by atoms with Crippen LogP contribution in [0.25, 0.3) is 0 Å². The van der Waals surface area contributed by atoms with Crippen LogP contribution in [0.15, 0.2) is 24.3 Å². The Morgan fingerprint density at radius 1 is 1.22 bits per heavy atom. The van der Waals surface area contributed by atoms with Gasteiger partial charge in [-0.15, -0.1) is 0 Å². The highest BCUT2D eigenvalue weighted by Crippen LogP contribution is 2.30. The molecule has 6 heteroatoms. The largest absolute Gasteiger partial charge is 0.452 e. The van der Waals surface area contributed by atoms with Gasteiger partial charge >= 0.3 is 5.97 Å². The fourth-order valence-electron chi connectivity index (χ4n) is 3.85. The molecular formula is C21H28N2O4. The first-order chi connectivity index (χ1) is 13.0. The number of esters is 1. The van der Waals surface area contributed by atoms with E-state index in [9.17, 15) is 14.4 Å². The lowest BCUT2D eigenvalue weighted by atomic mass is 10.1. The summed E-state index contributed by atoms with van der Waals surface area (Å²) in [5, 5.41) is 2.76. The van der Waals surface area contributed by atoms with Gasteiger partial charge in [-0.05, 0) is 43.9 Å². The number of carbonyl (C=O) groups excluding carboxylic acids is 3. The minimum absolute atomic E-state index is 0.0250. The van der Waals surface area contributed by atoms with Crippen molar-refractivity contribution < 1.29 is 19.1 Å². The molecule has 0 aromatic heterocycles. The molecular weight excluding hydrogens is 344 g/mol. The van der Waals surface area contributed by atoms with Gasteiger partial charge < -0.3 is 15.0 Å². The SMILES string of the molecule is CCc1ccc(NC(=O)[C@@H](C)OC(=O)[C@H]2CC(=O)N(C3CCCC3)C2)cc1. The Hall–Kier alpha value is -2.37. The van der Waals surface area contributed by atoms with Crippen LogP contribution in [0.5, 0.6) is 0 Å². The highest BCUT2D eigenvalue weighted by molar-refractivity contribution is 5.95. The summed E-state index contributed by atoms with van der Waals surface area (Å²) in [7, 11) is 0. The third kappa shape index (κ3) is 4.67. The molecule has 2 atom stereocenters. The fourth-order valence-corrected chi connectivity index (χ4v) is 3.85. The number of ether oxygens (including phenoxy) is 1. The lowest BCUT2D eigenvalue weighted by Gasteiger charge is -2.24. The Morgan fingerprint density at radius 3 is 2.52 bits per heavy atom. The van der Waals surface area contributed by atoms with Crippen molar-refractivity contribution in [2.45, 2.75) is 64.5 Å². The molecule has 27 heavy (non-hydrogen) atoms. The zero-order valence-corrected chi connectivity index (χ0v) is 16.1. The van der Waals surface area contributed by atoms with Crippen molar-refractivity contribution in [3.05, 3.63) is 29.8 Å². The first kappa shape index (κ1) is 19.4. The second-order valence-electron chi connectivity index (χ2n) is 7.50. The third-order valence-corrected chi connectivity index (χ3v) is 5.55. The summed E-state index contributed by atoms with van der Waals surface area (Å²) < 4.78 is 5.34. The monoisotopic (exact) mass is 372 g/mol. The lowest BCUT2D eigenvalue weighted by molar-refractivity contribution is -0.157. The number of nitrogens with one attached hydrogen (secondary N) is 1. The molecule has 0 radical (unpaired) electrons. The summed E-state index contributed by atoms with van der Waals surface area (Å²) in [6.07, 6.45) is 4.52. The second-order valence-corrected chi connectivity index (χ2v) is 7.50. The van der Waals surface area contributed by atoms with E-state index in [1.807, 2.05) is 29.2 Å². The van der Waals surface area contributed by atoms with Crippen LogP contribution in [0.1, 0.15) is 51.5 Å². The van der Waals surface area contributed by atoms with Crippen LogP contribution >= 0.6 is 0 Å². The van der Waals surface area contributed by atoms with Crippen molar-refractivity contribution in [3.63, 3.8) is 0 Å². The number of benzene rings is 1. The van der Waals surface area contributed by atoms with Gasteiger partial charge in [0.05, 0.1) is 5.92 Å². The molecule has 2 aliphatic rings. The van der Waals surface area contributed by atoms with Gasteiger partial charge in [-0.25, -0.2) is 0 Å². The van der Waals surface area contributed by atoms with Crippen LogP contribution in [0, 0.1) is 5.92 Å². The van der Waals surface area contributed by atoms with Gasteiger partial charge in [-0.3, -0.25) is 14.4 Å². The first-order valence-corrected chi connectivity index (χ1v) is 9.87. The van der Waals surface area contributed by atoms with Crippen LogP contribution in [0.4, 0.5) is 5.69 Å². The quantitative estimate of drug-likeness (QED) is 0.779. The molecule has 1 aliphatic carbocycles. The summed E-state index contributed by atoms with van der Waals surface area (Å²) >= 11 is 0. The molecule has 3 rings (SSSR count). The second kappa shape index (κ2) is 8.55. The van der Waals surface area contributed by atoms with Gasteiger partial charge in [0.2, 0.25) is 5.91 Å². The molecule has 6 nitrogen and oxygen atoms in total. The zero-order valence-electron chi connectivity index (χ0n) is 16.1. The molecule has 1 N–H and O–H groups in total. The zero-order chi connectivity index (χ0) is 19.4. The highest BCUT2D eigenvalue weighted by Gasteiger charge is 2.40. The van der Waals surface area contributed by atoms with Gasteiger partial charge in [0.15, 0.2) is 6.10 Å². The molecule has 146 valence electrons. The van der Waals surface area contributed by atoms with Gasteiger partial charge in [0, 0.05) is 24.7 Å². The highest BCUT2D eigenvalue weighted by atomic mass is 16.5. The molecule has 1 saturated heterocycles. The van der Waals surface area contributed by atoms with Crippen LogP contribution < -0.4 is 5.32 Å². The van der Waals surface area contributed by atoms with E-state index >= 15 is 0 Å². The van der Waals surface area contributed by atoms with Crippen molar-refractivity contribution in [1.82, 2.24) is 4.90 Å². The molecule has 1 aromatic rings. The van der Waals surface area contributed by atoms with Crippen LogP contribution in [0.3, 0.4) is 0 Å². The predicted molar refractivity (Wildman–Crippen MR) is 102 cm³/mol. The predicted octanol–water partition coefficient (Wildman–Crippen LogP) is 2.91. The van der Waals surface area contributed by atoms with E-state index in [1.54, 1.807) is 6.92 Å². The van der Waals surface area contributed by atoms with E-state index in [2.05, 4.69) is 12.2 Å². The van der Waals surface area contributed by atoms with Crippen molar-refractivity contribution in [2.75, 3.05) is 11.9 Å². The molecule has 0 unspecified atom stereocenters. The number of likely N-dealkylation sites (tertiary alicyclic amines) is 1. The summed E-state index contributed by atoms with van der Waals surface area (Å²) in [5.41, 5.74) is 1.86. The molecule has 2 amide bonds. The molecule has 1 aliphatic heterocycles. The Bertz CT molecular complexity index is 695. The van der Waals surface area contributed by atoms with E-state index in [1.165, 1.54) is 5.56 Å². The van der Waals surface area contributed by atoms with Crippen molar-refractivity contribution in [1.29, 1.82) is 0 Å². The molecule has 1 saturated carbocycles. The fraction of sp³-hybridized carbons (Fsp3) is 0.571. The smallest absolute Gasteiger partial charge is 0.312 e. The minimum atomic E-state index is -0.904. The Morgan fingerprint density at radius 2 is 1.89 bits per heavy atom. The van der Waals surface area contributed by atoms with Crippen molar-refractivity contribution in [2.24, 2.45) is 5.92 Å². The maximum absolute atomic E-state index is 12.4. The van der Waals surface area contributed by atoms with Gasteiger partial charge in [0.25, 0.3) is 5.91 Å². The molecule has 1 heterocycles. The van der Waals surface area contributed by atoms with E-state index in [4.69, 9.17) is 4.74 Å². The number of hydrogen-bond donors (Lipinski definition) is 1. The summed E-state index contributed by atoms with van der Waals surface area (Å²) in [6.45, 7) is 4.03. The molecule has 0 spiro atoms. The molecule has 1 aromatic carbocycles. The van der Waals surface area contributed by atoms with Gasteiger partial charge in [-0.2, -0.15) is 0 Å². The summed E-state index contributed by atoms with van der Waals surface area (Å²) in [6, 6.07) is 7.84. The normalized spacial score (nSPS) is 21.3. The number of rotatable bonds is 6. The van der Waals surface area contributed by atoms with E-state index in [-0.39, 0.29) is 24.3 Å². The third-order valence-electron chi connectivity index (χ3n) is 5.55. The number of aryl methyl sites for hydroxylation is 1. The number of hydrogen-bond acceptors (Lipinski definition) is 4. The maximum atomic E-state index is 12.4. The average Bonchev–Trinajstić information content (AvgIpc) is 3.31. The summed E-state index contributed by atoms with van der Waals surface area (Å²) in [5.74, 6) is -1.29. The van der Waals surface area contributed by atoms with Crippen LogP contribution in [-0.4, -0.2) is 41.4 Å². The van der Waals surface area contributed by atoms with Crippen LogP contribution in [-0.2, 0) is 25.5 Å². The van der Waals surface area contributed by atoms with Crippen molar-refractivity contribution >= 4 is 23.5 Å². The van der Waals surface area contributed by atoms with Crippen molar-refractivity contribution in [3.8, 4) is 0 Å². The van der Waals surface area contributed by atoms with Gasteiger partial charge in [0.1, 0.15) is 0 Å². The lowest BCUT2D eigenvalue weighted by Crippen LogP contribution is -2.36. The molecule has 2 fully saturated rings. The Kier molecular flexibility index (Phi) is 6.14.